The average molecular weight is 432 g/mol. The molecule has 164 valence electrons. The van der Waals surface area contributed by atoms with Gasteiger partial charge in [-0.15, -0.1) is 0 Å². The number of ether oxygens (including phenoxy) is 1. The molecule has 0 radical (unpaired) electrons. The van der Waals surface area contributed by atoms with Gasteiger partial charge in [-0.1, -0.05) is 18.2 Å². The molecule has 0 aliphatic heterocycles. The van der Waals surface area contributed by atoms with Gasteiger partial charge in [0.1, 0.15) is 5.52 Å². The molecule has 9 nitrogen and oxygen atoms in total. The molecular formula is C23H24N6O3. The van der Waals surface area contributed by atoms with Crippen molar-refractivity contribution in [3.8, 4) is 5.69 Å². The molecule has 1 saturated carbocycles. The van der Waals surface area contributed by atoms with Gasteiger partial charge >= 0.3 is 5.97 Å². The van der Waals surface area contributed by atoms with E-state index in [4.69, 9.17) is 9.72 Å². The van der Waals surface area contributed by atoms with Crippen LogP contribution in [0.25, 0.3) is 27.6 Å². The summed E-state index contributed by atoms with van der Waals surface area (Å²) in [6, 6.07) is 9.58. The molecule has 0 saturated heterocycles. The van der Waals surface area contributed by atoms with Crippen molar-refractivity contribution in [2.45, 2.75) is 38.6 Å². The number of H-pyrrole nitrogens is 1. The number of esters is 1. The number of nitrogens with one attached hydrogen (secondary N) is 2. The lowest BCUT2D eigenvalue weighted by Crippen LogP contribution is -2.31. The fraction of sp³-hybridized carbons (Fsp3) is 0.348. The molecule has 0 bridgehead atoms. The van der Waals surface area contributed by atoms with E-state index in [1.54, 1.807) is 17.0 Å². The molecule has 5 rings (SSSR count). The van der Waals surface area contributed by atoms with E-state index in [9.17, 15) is 9.59 Å². The third kappa shape index (κ3) is 3.59. The maximum Gasteiger partial charge on any atom is 0.308 e. The molecule has 1 fully saturated rings. The van der Waals surface area contributed by atoms with E-state index in [-0.39, 0.29) is 23.5 Å². The Labute approximate surface area is 183 Å². The molecule has 0 spiro atoms. The van der Waals surface area contributed by atoms with E-state index in [1.165, 1.54) is 0 Å². The molecule has 4 aromatic rings. The van der Waals surface area contributed by atoms with Crippen LogP contribution >= 0.6 is 0 Å². The fourth-order valence-corrected chi connectivity index (χ4v) is 4.39. The lowest BCUT2D eigenvalue weighted by molar-refractivity contribution is -0.149. The average Bonchev–Trinajstić information content (AvgIpc) is 3.31. The van der Waals surface area contributed by atoms with Crippen LogP contribution in [0.1, 0.15) is 32.6 Å². The number of fused-ring (bicyclic) bond motifs is 3. The number of para-hydroxylation sites is 1. The molecule has 3 aromatic heterocycles. The number of pyridine rings is 1. The van der Waals surface area contributed by atoms with Crippen molar-refractivity contribution in [1.82, 2.24) is 24.7 Å². The molecule has 0 unspecified atom stereocenters. The third-order valence-electron chi connectivity index (χ3n) is 6.00. The standard InChI is InChI=1S/C23H24N6O3/c1-2-32-22(31)14-8-10-15(11-9-14)26-23-24-12-17-19-18(13-25-28-19)21(30)29(20(17)27-23)16-6-4-3-5-7-16/h3-7,12-15H,2,8-11H2,1H3,(H,25,28)(H,24,26,27). The van der Waals surface area contributed by atoms with Gasteiger partial charge in [0.15, 0.2) is 5.65 Å². The van der Waals surface area contributed by atoms with Gasteiger partial charge in [0.25, 0.3) is 5.56 Å². The Morgan fingerprint density at radius 2 is 1.97 bits per heavy atom. The maximum absolute atomic E-state index is 13.2. The van der Waals surface area contributed by atoms with E-state index in [0.29, 0.717) is 34.5 Å². The van der Waals surface area contributed by atoms with Crippen LogP contribution in [-0.2, 0) is 9.53 Å². The Morgan fingerprint density at radius 3 is 2.72 bits per heavy atom. The van der Waals surface area contributed by atoms with Crippen LogP contribution in [0, 0.1) is 5.92 Å². The minimum absolute atomic E-state index is 0.0401. The molecule has 9 heteroatoms. The summed E-state index contributed by atoms with van der Waals surface area (Å²) in [7, 11) is 0. The highest BCUT2D eigenvalue weighted by Gasteiger charge is 2.27. The quantitative estimate of drug-likeness (QED) is 0.465. The van der Waals surface area contributed by atoms with Crippen molar-refractivity contribution in [2.75, 3.05) is 11.9 Å². The first kappa shape index (κ1) is 20.2. The molecule has 2 N–H and O–H groups in total. The molecule has 1 aliphatic carbocycles. The second kappa shape index (κ2) is 8.41. The number of aromatic nitrogens is 5. The highest BCUT2D eigenvalue weighted by Crippen LogP contribution is 2.28. The monoisotopic (exact) mass is 432 g/mol. The Kier molecular flexibility index (Phi) is 5.30. The van der Waals surface area contributed by atoms with Gasteiger partial charge in [-0.05, 0) is 44.7 Å². The van der Waals surface area contributed by atoms with Gasteiger partial charge in [0, 0.05) is 18.4 Å². The zero-order valence-electron chi connectivity index (χ0n) is 17.7. The van der Waals surface area contributed by atoms with E-state index in [1.807, 2.05) is 37.3 Å². The number of aromatic amines is 1. The molecule has 1 aromatic carbocycles. The summed E-state index contributed by atoms with van der Waals surface area (Å²) < 4.78 is 6.75. The van der Waals surface area contributed by atoms with Gasteiger partial charge < -0.3 is 10.1 Å². The number of hydrogen-bond acceptors (Lipinski definition) is 7. The predicted molar refractivity (Wildman–Crippen MR) is 121 cm³/mol. The summed E-state index contributed by atoms with van der Waals surface area (Å²) in [4.78, 5) is 34.4. The van der Waals surface area contributed by atoms with Gasteiger partial charge in [0.05, 0.1) is 29.0 Å². The van der Waals surface area contributed by atoms with Crippen LogP contribution in [0.4, 0.5) is 5.95 Å². The lowest BCUT2D eigenvalue weighted by Gasteiger charge is -2.27. The van der Waals surface area contributed by atoms with E-state index in [2.05, 4.69) is 20.5 Å². The number of carbonyl (C=O) groups is 1. The first-order valence-electron chi connectivity index (χ1n) is 10.9. The number of carbonyl (C=O) groups excluding carboxylic acids is 1. The van der Waals surface area contributed by atoms with Crippen molar-refractivity contribution in [3.63, 3.8) is 0 Å². The summed E-state index contributed by atoms with van der Waals surface area (Å²) in [5.74, 6) is 0.306. The normalized spacial score (nSPS) is 18.7. The van der Waals surface area contributed by atoms with Crippen LogP contribution in [0.2, 0.25) is 0 Å². The van der Waals surface area contributed by atoms with Crippen LogP contribution < -0.4 is 10.9 Å². The van der Waals surface area contributed by atoms with Crippen LogP contribution in [-0.4, -0.2) is 43.4 Å². The van der Waals surface area contributed by atoms with Crippen LogP contribution in [0.5, 0.6) is 0 Å². The Morgan fingerprint density at radius 1 is 1.19 bits per heavy atom. The molecule has 0 amide bonds. The molecule has 3 heterocycles. The van der Waals surface area contributed by atoms with Crippen LogP contribution in [0.15, 0.2) is 47.5 Å². The van der Waals surface area contributed by atoms with Gasteiger partial charge in [0.2, 0.25) is 5.95 Å². The van der Waals surface area contributed by atoms with Crippen LogP contribution in [0.3, 0.4) is 0 Å². The molecule has 32 heavy (non-hydrogen) atoms. The SMILES string of the molecule is CCOC(=O)C1CCC(Nc2ncc3c4n[nH]cc4c(=O)n(-c4ccccc4)c3n2)CC1. The zero-order chi connectivity index (χ0) is 22.1. The summed E-state index contributed by atoms with van der Waals surface area (Å²) in [5.41, 5.74) is 1.59. The zero-order valence-corrected chi connectivity index (χ0v) is 17.7. The summed E-state index contributed by atoms with van der Waals surface area (Å²) in [6.07, 6.45) is 6.50. The highest BCUT2D eigenvalue weighted by atomic mass is 16.5. The minimum Gasteiger partial charge on any atom is -0.466 e. The van der Waals surface area contributed by atoms with Crippen molar-refractivity contribution >= 4 is 33.9 Å². The first-order valence-corrected chi connectivity index (χ1v) is 10.9. The number of benzene rings is 1. The highest BCUT2D eigenvalue weighted by molar-refractivity contribution is 6.02. The Bertz CT molecular complexity index is 1320. The largest absolute Gasteiger partial charge is 0.466 e. The number of anilines is 1. The smallest absolute Gasteiger partial charge is 0.308 e. The topological polar surface area (TPSA) is 115 Å². The van der Waals surface area contributed by atoms with E-state index in [0.717, 1.165) is 31.4 Å². The summed E-state index contributed by atoms with van der Waals surface area (Å²) >= 11 is 0. The number of rotatable bonds is 5. The lowest BCUT2D eigenvalue weighted by atomic mass is 9.86. The van der Waals surface area contributed by atoms with E-state index < -0.39 is 0 Å². The van der Waals surface area contributed by atoms with Gasteiger partial charge in [-0.2, -0.15) is 10.1 Å². The first-order chi connectivity index (χ1) is 15.7. The van der Waals surface area contributed by atoms with Crippen molar-refractivity contribution in [3.05, 3.63) is 53.1 Å². The second-order valence-electron chi connectivity index (χ2n) is 8.00. The number of nitrogens with zero attached hydrogens (tertiary/aromatic N) is 4. The maximum atomic E-state index is 13.2. The molecule has 1 aliphatic rings. The number of hydrogen-bond donors (Lipinski definition) is 2. The van der Waals surface area contributed by atoms with Crippen molar-refractivity contribution in [2.24, 2.45) is 5.92 Å². The van der Waals surface area contributed by atoms with E-state index >= 15 is 0 Å². The Balaban J connectivity index is 1.48. The Hall–Kier alpha value is -3.75. The summed E-state index contributed by atoms with van der Waals surface area (Å²) in [5, 5.41) is 11.6. The summed E-state index contributed by atoms with van der Waals surface area (Å²) in [6.45, 7) is 2.24. The molecular weight excluding hydrogens is 408 g/mol. The minimum atomic E-state index is -0.188. The van der Waals surface area contributed by atoms with Crippen molar-refractivity contribution in [1.29, 1.82) is 0 Å². The predicted octanol–water partition coefficient (Wildman–Crippen LogP) is 3.19. The fourth-order valence-electron chi connectivity index (χ4n) is 4.39. The third-order valence-corrected chi connectivity index (χ3v) is 6.00. The van der Waals surface area contributed by atoms with Gasteiger partial charge in [-0.3, -0.25) is 19.3 Å². The van der Waals surface area contributed by atoms with Gasteiger partial charge in [-0.25, -0.2) is 4.98 Å². The van der Waals surface area contributed by atoms with Crippen molar-refractivity contribution < 1.29 is 9.53 Å². The second-order valence-corrected chi connectivity index (χ2v) is 8.00. The molecule has 0 atom stereocenters.